The molecule has 2 N–H and O–H groups in total. The normalized spacial score (nSPS) is 30.0. The molecule has 39 heavy (non-hydrogen) atoms. The largest absolute Gasteiger partial charge is 0.418 e. The molecule has 4 heterocycles. The van der Waals surface area contributed by atoms with Crippen LogP contribution >= 0.6 is 0 Å². The summed E-state index contributed by atoms with van der Waals surface area (Å²) in [6, 6.07) is 1.34. The molecule has 0 radical (unpaired) electrons. The molecule has 2 saturated heterocycles. The van der Waals surface area contributed by atoms with Gasteiger partial charge in [0.05, 0.1) is 30.5 Å². The van der Waals surface area contributed by atoms with Gasteiger partial charge >= 0.3 is 11.9 Å². The standard InChI is InChI=1S/C28H41F3N6O2/c1-34-17-32-33-26(34)25(19-5-3-6-19)20-7-4-8-21(12-20)36-15-24-23(28(29,30)31)11-18(14-37(24)27(36)38)13-35-10-9-22(35)16-39-2/h11,14-15,19-22,25-26,32-33H,3-10,12-13,16-17H2,1-2H3/t20?,21?,22-,25+,26?/m0/s1. The molecule has 2 aliphatic heterocycles. The van der Waals surface area contributed by atoms with E-state index >= 15 is 0 Å². The number of pyridine rings is 1. The van der Waals surface area contributed by atoms with Crippen LogP contribution in [-0.2, 0) is 17.5 Å². The van der Waals surface area contributed by atoms with Crippen molar-refractivity contribution < 1.29 is 17.9 Å². The Labute approximate surface area is 227 Å². The number of nitrogens with one attached hydrogen (secondary N) is 2. The van der Waals surface area contributed by atoms with Gasteiger partial charge in [-0.05, 0) is 62.1 Å². The lowest BCUT2D eigenvalue weighted by atomic mass is 9.65. The molecule has 2 saturated carbocycles. The van der Waals surface area contributed by atoms with Crippen molar-refractivity contribution in [2.24, 2.45) is 17.8 Å². The molecule has 0 bridgehead atoms. The second-order valence-electron chi connectivity index (χ2n) is 12.2. The Hall–Kier alpha value is -1.92. The van der Waals surface area contributed by atoms with Crippen molar-refractivity contribution in [3.05, 3.63) is 40.1 Å². The molecule has 5 atom stereocenters. The number of imidazole rings is 1. The van der Waals surface area contributed by atoms with Gasteiger partial charge in [0.2, 0.25) is 0 Å². The quantitative estimate of drug-likeness (QED) is 0.521. The van der Waals surface area contributed by atoms with Crippen LogP contribution in [0.3, 0.4) is 0 Å². The Morgan fingerprint density at radius 3 is 2.49 bits per heavy atom. The maximum atomic E-state index is 14.2. The zero-order valence-electron chi connectivity index (χ0n) is 22.9. The second-order valence-corrected chi connectivity index (χ2v) is 12.2. The van der Waals surface area contributed by atoms with E-state index in [0.29, 0.717) is 36.5 Å². The van der Waals surface area contributed by atoms with Gasteiger partial charge in [-0.3, -0.25) is 18.8 Å². The first-order chi connectivity index (χ1) is 18.7. The Morgan fingerprint density at radius 1 is 1.10 bits per heavy atom. The van der Waals surface area contributed by atoms with Crippen molar-refractivity contribution in [3.8, 4) is 0 Å². The first kappa shape index (κ1) is 27.3. The van der Waals surface area contributed by atoms with E-state index < -0.39 is 11.7 Å². The number of rotatable bonds is 8. The van der Waals surface area contributed by atoms with Crippen molar-refractivity contribution in [3.63, 3.8) is 0 Å². The summed E-state index contributed by atoms with van der Waals surface area (Å²) in [5.74, 6) is 1.54. The van der Waals surface area contributed by atoms with Gasteiger partial charge in [0.25, 0.3) is 0 Å². The number of aromatic nitrogens is 2. The topological polar surface area (TPSA) is 66.2 Å². The summed E-state index contributed by atoms with van der Waals surface area (Å²) in [6.45, 7) is 2.53. The molecule has 11 heteroatoms. The third kappa shape index (κ3) is 5.16. The number of alkyl halides is 3. The SMILES string of the molecule is COC[C@@H]1CCN1Cc1cc(C(F)(F)F)c2cn(C3CCCC([C@@H](C4CCC4)C4NNCN4C)C3)c(=O)n2c1. The van der Waals surface area contributed by atoms with E-state index in [9.17, 15) is 18.0 Å². The first-order valence-corrected chi connectivity index (χ1v) is 14.5. The third-order valence-electron chi connectivity index (χ3n) is 9.90. The van der Waals surface area contributed by atoms with Gasteiger partial charge in [-0.25, -0.2) is 15.6 Å². The number of ether oxygens (including phenoxy) is 1. The van der Waals surface area contributed by atoms with E-state index in [2.05, 4.69) is 27.7 Å². The van der Waals surface area contributed by atoms with Gasteiger partial charge < -0.3 is 4.74 Å². The van der Waals surface area contributed by atoms with Crippen LogP contribution in [0.15, 0.2) is 23.3 Å². The zero-order chi connectivity index (χ0) is 27.3. The number of hydrogen-bond donors (Lipinski definition) is 2. The molecule has 3 unspecified atom stereocenters. The van der Waals surface area contributed by atoms with Crippen LogP contribution in [0, 0.1) is 17.8 Å². The zero-order valence-corrected chi connectivity index (χ0v) is 22.9. The van der Waals surface area contributed by atoms with Crippen molar-refractivity contribution in [1.29, 1.82) is 0 Å². The van der Waals surface area contributed by atoms with E-state index in [0.717, 1.165) is 45.3 Å². The lowest BCUT2D eigenvalue weighted by Crippen LogP contribution is -2.50. The summed E-state index contributed by atoms with van der Waals surface area (Å²) >= 11 is 0. The minimum Gasteiger partial charge on any atom is -0.383 e. The van der Waals surface area contributed by atoms with Crippen molar-refractivity contribution in [2.75, 3.05) is 34.0 Å². The summed E-state index contributed by atoms with van der Waals surface area (Å²) in [4.78, 5) is 18.1. The summed E-state index contributed by atoms with van der Waals surface area (Å²) in [5.41, 5.74) is 6.10. The number of nitrogens with zero attached hydrogens (tertiary/aromatic N) is 4. The molecule has 8 nitrogen and oxygen atoms in total. The number of fused-ring (bicyclic) bond motifs is 1. The summed E-state index contributed by atoms with van der Waals surface area (Å²) in [6.07, 6.45) is 7.19. The number of hydrogen-bond acceptors (Lipinski definition) is 6. The smallest absolute Gasteiger partial charge is 0.383 e. The van der Waals surface area contributed by atoms with E-state index in [-0.39, 0.29) is 29.5 Å². The Balaban J connectivity index is 1.30. The Kier molecular flexibility index (Phi) is 7.56. The fourth-order valence-corrected chi connectivity index (χ4v) is 7.56. The lowest BCUT2D eigenvalue weighted by Gasteiger charge is -2.46. The van der Waals surface area contributed by atoms with Gasteiger partial charge in [-0.1, -0.05) is 25.7 Å². The monoisotopic (exact) mass is 550 g/mol. The highest BCUT2D eigenvalue weighted by Crippen LogP contribution is 2.47. The highest BCUT2D eigenvalue weighted by Gasteiger charge is 2.44. The lowest BCUT2D eigenvalue weighted by molar-refractivity contribution is -0.136. The van der Waals surface area contributed by atoms with E-state index in [1.165, 1.54) is 35.9 Å². The fourth-order valence-electron chi connectivity index (χ4n) is 7.56. The molecule has 0 spiro atoms. The number of methoxy groups -OCH3 is 1. The molecule has 4 aliphatic rings. The van der Waals surface area contributed by atoms with Gasteiger partial charge in [0.1, 0.15) is 0 Å². The second kappa shape index (κ2) is 10.8. The van der Waals surface area contributed by atoms with Crippen LogP contribution in [0.5, 0.6) is 0 Å². The van der Waals surface area contributed by atoms with Crippen LogP contribution in [0.4, 0.5) is 13.2 Å². The average Bonchev–Trinajstić information content (AvgIpc) is 3.44. The number of hydrazine groups is 1. The highest BCUT2D eigenvalue weighted by atomic mass is 19.4. The van der Waals surface area contributed by atoms with Crippen LogP contribution in [-0.4, -0.2) is 65.0 Å². The fraction of sp³-hybridized carbons (Fsp3) is 0.750. The maximum absolute atomic E-state index is 14.2. The van der Waals surface area contributed by atoms with Crippen molar-refractivity contribution in [1.82, 2.24) is 29.6 Å². The minimum atomic E-state index is -4.54. The molecular formula is C28H41F3N6O2. The number of halogens is 3. The predicted molar refractivity (Wildman–Crippen MR) is 142 cm³/mol. The molecule has 6 rings (SSSR count). The first-order valence-electron chi connectivity index (χ1n) is 14.5. The van der Waals surface area contributed by atoms with Crippen LogP contribution < -0.4 is 16.5 Å². The Morgan fingerprint density at radius 2 is 1.87 bits per heavy atom. The van der Waals surface area contributed by atoms with Crippen molar-refractivity contribution >= 4 is 5.52 Å². The average molecular weight is 551 g/mol. The predicted octanol–water partition coefficient (Wildman–Crippen LogP) is 3.81. The molecule has 4 fully saturated rings. The summed E-state index contributed by atoms with van der Waals surface area (Å²) in [7, 11) is 3.76. The highest BCUT2D eigenvalue weighted by molar-refractivity contribution is 5.56. The molecule has 216 valence electrons. The van der Waals surface area contributed by atoms with Gasteiger partial charge in [-0.15, -0.1) is 0 Å². The molecule has 2 aromatic rings. The third-order valence-corrected chi connectivity index (χ3v) is 9.90. The summed E-state index contributed by atoms with van der Waals surface area (Å²) in [5, 5.41) is 0. The minimum absolute atomic E-state index is 0.0487. The molecule has 0 aromatic carbocycles. The summed E-state index contributed by atoms with van der Waals surface area (Å²) < 4.78 is 50.8. The molecular weight excluding hydrogens is 509 g/mol. The number of likely N-dealkylation sites (tertiary alicyclic amines) is 1. The molecule has 2 aliphatic carbocycles. The van der Waals surface area contributed by atoms with E-state index in [4.69, 9.17) is 4.74 Å². The van der Waals surface area contributed by atoms with Gasteiger partial charge in [-0.2, -0.15) is 13.2 Å². The van der Waals surface area contributed by atoms with Gasteiger partial charge in [0.15, 0.2) is 0 Å². The van der Waals surface area contributed by atoms with Crippen LogP contribution in [0.1, 0.15) is 68.5 Å². The van der Waals surface area contributed by atoms with E-state index in [1.807, 2.05) is 0 Å². The molecule has 2 aromatic heterocycles. The Bertz CT molecular complexity index is 1220. The van der Waals surface area contributed by atoms with Crippen molar-refractivity contribution in [2.45, 2.75) is 82.3 Å². The maximum Gasteiger partial charge on any atom is 0.418 e. The molecule has 0 amide bonds. The van der Waals surface area contributed by atoms with Crippen LogP contribution in [0.2, 0.25) is 0 Å². The van der Waals surface area contributed by atoms with Gasteiger partial charge in [0, 0.05) is 44.7 Å². The van der Waals surface area contributed by atoms with E-state index in [1.54, 1.807) is 17.9 Å². The van der Waals surface area contributed by atoms with Crippen LogP contribution in [0.25, 0.3) is 5.52 Å².